The van der Waals surface area contributed by atoms with Crippen molar-refractivity contribution >= 4 is 9.84 Å². The normalized spacial score (nSPS) is 11.9. The molecule has 6 nitrogen and oxygen atoms in total. The summed E-state index contributed by atoms with van der Waals surface area (Å²) in [6, 6.07) is 0. The minimum atomic E-state index is -2.87. The first-order chi connectivity index (χ1) is 8.51. The summed E-state index contributed by atoms with van der Waals surface area (Å²) in [6.45, 7) is 2.84. The maximum absolute atomic E-state index is 11.0. The first-order valence-electron chi connectivity index (χ1n) is 5.89. The van der Waals surface area contributed by atoms with Crippen molar-refractivity contribution in [2.24, 2.45) is 0 Å². The molecule has 1 aromatic heterocycles. The molecule has 1 N–H and O–H groups in total. The highest BCUT2D eigenvalue weighted by atomic mass is 32.2. The number of imidazole rings is 1. The lowest BCUT2D eigenvalue weighted by atomic mass is 10.4. The van der Waals surface area contributed by atoms with E-state index >= 15 is 0 Å². The lowest BCUT2D eigenvalue weighted by Gasteiger charge is -2.01. The number of aromatic nitrogens is 2. The van der Waals surface area contributed by atoms with E-state index in [2.05, 4.69) is 10.3 Å². The molecule has 0 fully saturated rings. The second kappa shape index (κ2) is 7.50. The molecule has 0 saturated heterocycles. The molecule has 18 heavy (non-hydrogen) atoms. The van der Waals surface area contributed by atoms with Crippen LogP contribution < -0.4 is 5.32 Å². The van der Waals surface area contributed by atoms with Gasteiger partial charge in [-0.25, -0.2) is 13.4 Å². The lowest BCUT2D eigenvalue weighted by molar-refractivity contribution is 0.199. The monoisotopic (exact) mass is 275 g/mol. The maximum atomic E-state index is 11.0. The molecular formula is C11H21N3O3S. The number of nitrogens with one attached hydrogen (secondary N) is 1. The van der Waals surface area contributed by atoms with Gasteiger partial charge in [0.2, 0.25) is 0 Å². The number of methoxy groups -OCH3 is 1. The Bertz CT molecular complexity index is 442. The van der Waals surface area contributed by atoms with Gasteiger partial charge in [0.25, 0.3) is 0 Å². The average molecular weight is 275 g/mol. The largest absolute Gasteiger partial charge is 0.383 e. The number of nitrogens with zero attached hydrogens (tertiary/aromatic N) is 2. The van der Waals surface area contributed by atoms with Gasteiger partial charge in [0, 0.05) is 39.2 Å². The van der Waals surface area contributed by atoms with Crippen molar-refractivity contribution in [3.8, 4) is 0 Å². The molecule has 0 aliphatic carbocycles. The lowest BCUT2D eigenvalue weighted by Crippen LogP contribution is -2.18. The first-order valence-corrected chi connectivity index (χ1v) is 7.95. The van der Waals surface area contributed by atoms with E-state index in [-0.39, 0.29) is 5.75 Å². The third kappa shape index (κ3) is 6.73. The summed E-state index contributed by atoms with van der Waals surface area (Å²) >= 11 is 0. The maximum Gasteiger partial charge on any atom is 0.147 e. The molecule has 0 unspecified atom stereocenters. The van der Waals surface area contributed by atoms with Crippen molar-refractivity contribution in [1.82, 2.24) is 14.9 Å². The fourth-order valence-corrected chi connectivity index (χ4v) is 2.17. The molecule has 0 aliphatic heterocycles. The highest BCUT2D eigenvalue weighted by molar-refractivity contribution is 7.90. The zero-order chi connectivity index (χ0) is 13.4. The summed E-state index contributed by atoms with van der Waals surface area (Å²) in [5.74, 6) is 0.215. The molecule has 0 aliphatic rings. The van der Waals surface area contributed by atoms with E-state index in [9.17, 15) is 8.42 Å². The van der Waals surface area contributed by atoms with Gasteiger partial charge in [-0.3, -0.25) is 0 Å². The van der Waals surface area contributed by atoms with Gasteiger partial charge >= 0.3 is 0 Å². The predicted octanol–water partition coefficient (Wildman–Crippen LogP) is 0.0538. The van der Waals surface area contributed by atoms with Crippen LogP contribution >= 0.6 is 0 Å². The average Bonchev–Trinajstić information content (AvgIpc) is 2.71. The van der Waals surface area contributed by atoms with Gasteiger partial charge in [0.15, 0.2) is 0 Å². The van der Waals surface area contributed by atoms with E-state index < -0.39 is 9.84 Å². The summed E-state index contributed by atoms with van der Waals surface area (Å²) in [6.07, 6.45) is 5.54. The van der Waals surface area contributed by atoms with Crippen LogP contribution in [0.5, 0.6) is 0 Å². The number of hydrogen-bond donors (Lipinski definition) is 1. The summed E-state index contributed by atoms with van der Waals surface area (Å²) < 4.78 is 28.8. The summed E-state index contributed by atoms with van der Waals surface area (Å²) in [5.41, 5.74) is 0.949. The van der Waals surface area contributed by atoms with E-state index in [1.165, 1.54) is 6.26 Å². The van der Waals surface area contributed by atoms with Crippen LogP contribution in [0.25, 0.3) is 0 Å². The van der Waals surface area contributed by atoms with E-state index in [1.807, 2.05) is 10.8 Å². The molecule has 0 atom stereocenters. The number of sulfone groups is 1. The van der Waals surface area contributed by atoms with Crippen molar-refractivity contribution in [1.29, 1.82) is 0 Å². The number of ether oxygens (including phenoxy) is 1. The van der Waals surface area contributed by atoms with Crippen LogP contribution in [0.3, 0.4) is 0 Å². The minimum absolute atomic E-state index is 0.215. The van der Waals surface area contributed by atoms with Crippen LogP contribution in [-0.4, -0.2) is 50.2 Å². The van der Waals surface area contributed by atoms with Crippen LogP contribution in [-0.2, 0) is 27.7 Å². The second-order valence-corrected chi connectivity index (χ2v) is 6.52. The third-order valence-electron chi connectivity index (χ3n) is 2.41. The van der Waals surface area contributed by atoms with Gasteiger partial charge in [0.1, 0.15) is 9.84 Å². The molecule has 1 rings (SSSR count). The Morgan fingerprint density at radius 3 is 2.94 bits per heavy atom. The smallest absolute Gasteiger partial charge is 0.147 e. The van der Waals surface area contributed by atoms with Crippen LogP contribution in [0.1, 0.15) is 12.1 Å². The molecule has 0 amide bonds. The summed E-state index contributed by atoms with van der Waals surface area (Å²) in [4.78, 5) is 4.24. The molecule has 0 aromatic carbocycles. The standard InChI is InChI=1S/C11H21N3O3S/c1-17-6-4-12-8-11-9-14(10-13-11)5-3-7-18(2,15)16/h9-10,12H,3-8H2,1-2H3. The highest BCUT2D eigenvalue weighted by Gasteiger charge is 2.03. The number of rotatable bonds is 9. The van der Waals surface area contributed by atoms with E-state index in [0.717, 1.165) is 12.2 Å². The molecule has 7 heteroatoms. The summed E-state index contributed by atoms with van der Waals surface area (Å²) in [5, 5.41) is 3.20. The molecular weight excluding hydrogens is 254 g/mol. The molecule has 0 bridgehead atoms. The molecule has 0 spiro atoms. The van der Waals surface area contributed by atoms with Crippen molar-refractivity contribution in [2.45, 2.75) is 19.5 Å². The van der Waals surface area contributed by atoms with Crippen LogP contribution in [0.4, 0.5) is 0 Å². The zero-order valence-corrected chi connectivity index (χ0v) is 11.7. The van der Waals surface area contributed by atoms with Gasteiger partial charge in [-0.05, 0) is 6.42 Å². The van der Waals surface area contributed by atoms with E-state index in [0.29, 0.717) is 26.1 Å². The fraction of sp³-hybridized carbons (Fsp3) is 0.727. The Morgan fingerprint density at radius 1 is 1.50 bits per heavy atom. The van der Waals surface area contributed by atoms with Gasteiger partial charge in [-0.2, -0.15) is 0 Å². The SMILES string of the molecule is COCCNCc1cn(CCCS(C)(=O)=O)cn1. The van der Waals surface area contributed by atoms with E-state index in [1.54, 1.807) is 13.4 Å². The van der Waals surface area contributed by atoms with Crippen molar-refractivity contribution in [2.75, 3.05) is 32.3 Å². The van der Waals surface area contributed by atoms with E-state index in [4.69, 9.17) is 4.74 Å². The van der Waals surface area contributed by atoms with Crippen LogP contribution in [0.2, 0.25) is 0 Å². The Hall–Kier alpha value is -0.920. The Labute approximate surface area is 108 Å². The number of aryl methyl sites for hydroxylation is 1. The van der Waals surface area contributed by atoms with Crippen molar-refractivity contribution < 1.29 is 13.2 Å². The molecule has 1 heterocycles. The predicted molar refractivity (Wildman–Crippen MR) is 70.1 cm³/mol. The molecule has 104 valence electrons. The van der Waals surface area contributed by atoms with Crippen molar-refractivity contribution in [3.05, 3.63) is 18.2 Å². The van der Waals surface area contributed by atoms with Gasteiger partial charge in [0.05, 0.1) is 24.4 Å². The minimum Gasteiger partial charge on any atom is -0.383 e. The fourth-order valence-electron chi connectivity index (χ4n) is 1.52. The molecule has 0 radical (unpaired) electrons. The Balaban J connectivity index is 2.26. The molecule has 0 saturated carbocycles. The first kappa shape index (κ1) is 15.1. The summed E-state index contributed by atoms with van der Waals surface area (Å²) in [7, 11) is -1.20. The van der Waals surface area contributed by atoms with Crippen molar-refractivity contribution in [3.63, 3.8) is 0 Å². The molecule has 1 aromatic rings. The van der Waals surface area contributed by atoms with Gasteiger partial charge in [-0.15, -0.1) is 0 Å². The Kier molecular flexibility index (Phi) is 6.31. The van der Waals surface area contributed by atoms with Crippen LogP contribution in [0, 0.1) is 0 Å². The quantitative estimate of drug-likeness (QED) is 0.645. The zero-order valence-electron chi connectivity index (χ0n) is 10.9. The number of hydrogen-bond acceptors (Lipinski definition) is 5. The Morgan fingerprint density at radius 2 is 2.28 bits per heavy atom. The highest BCUT2D eigenvalue weighted by Crippen LogP contribution is 1.99. The van der Waals surface area contributed by atoms with Gasteiger partial charge in [-0.1, -0.05) is 0 Å². The third-order valence-corrected chi connectivity index (χ3v) is 3.44. The van der Waals surface area contributed by atoms with Gasteiger partial charge < -0.3 is 14.6 Å². The topological polar surface area (TPSA) is 73.2 Å². The van der Waals surface area contributed by atoms with Crippen LogP contribution in [0.15, 0.2) is 12.5 Å². The second-order valence-electron chi connectivity index (χ2n) is 4.26.